The lowest BCUT2D eigenvalue weighted by Crippen LogP contribution is -2.70. The van der Waals surface area contributed by atoms with Crippen molar-refractivity contribution in [2.75, 3.05) is 13.1 Å². The van der Waals surface area contributed by atoms with Gasteiger partial charge in [-0.15, -0.1) is 0 Å². The lowest BCUT2D eigenvalue weighted by Gasteiger charge is -2.52. The second-order valence-electron chi connectivity index (χ2n) is 8.51. The van der Waals surface area contributed by atoms with Crippen LogP contribution in [0, 0.1) is 0 Å². The van der Waals surface area contributed by atoms with E-state index < -0.39 is 6.69 Å². The molecule has 0 N–H and O–H groups in total. The highest BCUT2D eigenvalue weighted by Gasteiger charge is 2.70. The van der Waals surface area contributed by atoms with Gasteiger partial charge in [0.15, 0.2) is 0 Å². The molecule has 0 amide bonds. The number of benzene rings is 1. The lowest BCUT2D eigenvalue weighted by atomic mass is 9.54. The molecule has 146 valence electrons. The molecule has 27 heavy (non-hydrogen) atoms. The standard InChI is InChI=1S/C21H30BNO4/c1-4-16(2)22-23(13-17(3)26-22,14-21(24)27-22)19-11-8-12-20(19)25-15-18-9-6-5-7-10-18/h5-7,9-10,16,19-20H,3-4,8,11-15H2,1-2H3/t16-,19?,20-,22?,23-/m0/s1. The molecule has 6 heteroatoms. The van der Waals surface area contributed by atoms with Crippen molar-refractivity contribution in [2.45, 2.75) is 64.1 Å². The molecule has 2 aliphatic heterocycles. The van der Waals surface area contributed by atoms with Gasteiger partial charge in [-0.05, 0) is 30.6 Å². The van der Waals surface area contributed by atoms with Crippen molar-refractivity contribution in [3.63, 3.8) is 0 Å². The van der Waals surface area contributed by atoms with E-state index in [0.29, 0.717) is 24.1 Å². The van der Waals surface area contributed by atoms with E-state index in [-0.39, 0.29) is 23.9 Å². The summed E-state index contributed by atoms with van der Waals surface area (Å²) in [4.78, 5) is 12.5. The van der Waals surface area contributed by atoms with Crippen molar-refractivity contribution in [1.82, 2.24) is 0 Å². The first-order valence-electron chi connectivity index (χ1n) is 10.3. The number of hydrogen-bond donors (Lipinski definition) is 0. The third-order valence-electron chi connectivity index (χ3n) is 6.99. The normalized spacial score (nSPS) is 36.4. The van der Waals surface area contributed by atoms with Crippen LogP contribution < -0.4 is 0 Å². The molecule has 1 saturated carbocycles. The Labute approximate surface area is 161 Å². The highest BCUT2D eigenvalue weighted by Crippen LogP contribution is 2.51. The third-order valence-corrected chi connectivity index (χ3v) is 6.99. The van der Waals surface area contributed by atoms with E-state index in [1.54, 1.807) is 0 Å². The Bertz CT molecular complexity index is 702. The molecule has 5 nitrogen and oxygen atoms in total. The van der Waals surface area contributed by atoms with E-state index in [2.05, 4.69) is 32.6 Å². The average molecular weight is 371 g/mol. The van der Waals surface area contributed by atoms with Gasteiger partial charge in [0, 0.05) is 0 Å². The number of quaternary nitrogens is 1. The summed E-state index contributed by atoms with van der Waals surface area (Å²) in [6, 6.07) is 10.5. The zero-order valence-electron chi connectivity index (χ0n) is 16.4. The monoisotopic (exact) mass is 371 g/mol. The van der Waals surface area contributed by atoms with Crippen LogP contribution in [0.2, 0.25) is 5.82 Å². The van der Waals surface area contributed by atoms with Crippen LogP contribution in [-0.4, -0.2) is 42.3 Å². The Balaban J connectivity index is 1.62. The van der Waals surface area contributed by atoms with Crippen LogP contribution >= 0.6 is 0 Å². The maximum absolute atomic E-state index is 12.5. The summed E-state index contributed by atoms with van der Waals surface area (Å²) < 4.78 is 19.2. The molecule has 1 aromatic rings. The zero-order chi connectivity index (χ0) is 19.1. The molecule has 4 rings (SSSR count). The molecule has 1 aliphatic carbocycles. The van der Waals surface area contributed by atoms with Gasteiger partial charge in [0.25, 0.3) is 0 Å². The smallest absolute Gasteiger partial charge is 0.585 e. The van der Waals surface area contributed by atoms with Crippen LogP contribution in [0.5, 0.6) is 0 Å². The molecule has 2 unspecified atom stereocenters. The minimum absolute atomic E-state index is 0.111. The van der Waals surface area contributed by atoms with Crippen LogP contribution in [0.3, 0.4) is 0 Å². The van der Waals surface area contributed by atoms with E-state index in [9.17, 15) is 4.79 Å². The maximum atomic E-state index is 12.5. The first kappa shape index (κ1) is 18.6. The van der Waals surface area contributed by atoms with Crippen molar-refractivity contribution in [3.8, 4) is 0 Å². The van der Waals surface area contributed by atoms with E-state index in [0.717, 1.165) is 31.4 Å². The average Bonchev–Trinajstić information content (AvgIpc) is 3.30. The highest BCUT2D eigenvalue weighted by molar-refractivity contribution is 6.65. The number of carbonyl (C=O) groups is 1. The molecule has 5 atom stereocenters. The number of fused-ring (bicyclic) bond motifs is 1. The van der Waals surface area contributed by atoms with Crippen LogP contribution in [0.4, 0.5) is 0 Å². The molecule has 1 aromatic carbocycles. The number of ether oxygens (including phenoxy) is 1. The summed E-state index contributed by atoms with van der Waals surface area (Å²) in [7, 11) is 0. The summed E-state index contributed by atoms with van der Waals surface area (Å²) in [5, 5.41) is 0. The Morgan fingerprint density at radius 2 is 2.04 bits per heavy atom. The van der Waals surface area contributed by atoms with Gasteiger partial charge in [0.1, 0.15) is 12.6 Å². The van der Waals surface area contributed by atoms with Gasteiger partial charge in [0.05, 0.1) is 25.0 Å². The minimum Gasteiger partial charge on any atom is -0.630 e. The zero-order valence-corrected chi connectivity index (χ0v) is 16.4. The molecule has 0 radical (unpaired) electrons. The maximum Gasteiger partial charge on any atom is 0.585 e. The molecular weight excluding hydrogens is 341 g/mol. The SMILES string of the molecule is C=C1C[N@@+]2(C3CCC[C@@H]3OCc3ccccc3)CC(=O)O[B-]2([C@@H](C)CC)O1. The van der Waals surface area contributed by atoms with Crippen molar-refractivity contribution < 1.29 is 23.2 Å². The second kappa shape index (κ2) is 6.99. The minimum atomic E-state index is -1.77. The van der Waals surface area contributed by atoms with E-state index in [1.165, 1.54) is 5.56 Å². The summed E-state index contributed by atoms with van der Waals surface area (Å²) in [6.45, 7) is 8.23. The fourth-order valence-corrected chi connectivity index (χ4v) is 5.62. The van der Waals surface area contributed by atoms with Crippen molar-refractivity contribution in [2.24, 2.45) is 0 Å². The first-order chi connectivity index (χ1) is 13.0. The van der Waals surface area contributed by atoms with Gasteiger partial charge in [-0.1, -0.05) is 57.2 Å². The highest BCUT2D eigenvalue weighted by atomic mass is 16.7. The van der Waals surface area contributed by atoms with Gasteiger partial charge < -0.3 is 18.4 Å². The quantitative estimate of drug-likeness (QED) is 0.714. The number of hydrogen-bond acceptors (Lipinski definition) is 4. The van der Waals surface area contributed by atoms with Gasteiger partial charge in [-0.2, -0.15) is 0 Å². The van der Waals surface area contributed by atoms with Gasteiger partial charge in [-0.25, -0.2) is 0 Å². The van der Waals surface area contributed by atoms with E-state index in [1.807, 2.05) is 18.2 Å². The number of rotatable bonds is 6. The van der Waals surface area contributed by atoms with Gasteiger partial charge >= 0.3 is 12.7 Å². The lowest BCUT2D eigenvalue weighted by molar-refractivity contribution is -0.848. The predicted molar refractivity (Wildman–Crippen MR) is 104 cm³/mol. The van der Waals surface area contributed by atoms with Crippen LogP contribution in [0.1, 0.15) is 45.1 Å². The molecule has 3 fully saturated rings. The molecule has 3 aliphatic rings. The van der Waals surface area contributed by atoms with Gasteiger partial charge in [0.2, 0.25) is 0 Å². The van der Waals surface area contributed by atoms with E-state index >= 15 is 0 Å². The Kier molecular flexibility index (Phi) is 4.81. The molecule has 2 saturated heterocycles. The van der Waals surface area contributed by atoms with Gasteiger partial charge in [-0.3, -0.25) is 4.79 Å². The summed E-state index contributed by atoms with van der Waals surface area (Å²) in [5.41, 5.74) is 1.18. The van der Waals surface area contributed by atoms with Crippen molar-refractivity contribution in [3.05, 3.63) is 48.2 Å². The predicted octanol–water partition coefficient (Wildman–Crippen LogP) is 3.78. The van der Waals surface area contributed by atoms with Crippen molar-refractivity contribution >= 4 is 12.7 Å². The molecule has 2 heterocycles. The second-order valence-corrected chi connectivity index (χ2v) is 8.51. The Morgan fingerprint density at radius 1 is 1.26 bits per heavy atom. The van der Waals surface area contributed by atoms with Crippen molar-refractivity contribution in [1.29, 1.82) is 0 Å². The van der Waals surface area contributed by atoms with Crippen LogP contribution in [-0.2, 0) is 25.4 Å². The molecule has 0 aromatic heterocycles. The molecule has 0 bridgehead atoms. The van der Waals surface area contributed by atoms with Crippen LogP contribution in [0.25, 0.3) is 0 Å². The number of nitrogens with zero attached hydrogens (tertiary/aromatic N) is 1. The summed E-state index contributed by atoms with van der Waals surface area (Å²) >= 11 is 0. The van der Waals surface area contributed by atoms with E-state index in [4.69, 9.17) is 14.0 Å². The molecule has 0 spiro atoms. The Hall–Kier alpha value is -1.79. The molecular formula is C21H30BNO4. The first-order valence-corrected chi connectivity index (χ1v) is 10.3. The number of carbonyl (C=O) groups excluding carboxylic acids is 1. The largest absolute Gasteiger partial charge is 0.630 e. The topological polar surface area (TPSA) is 44.8 Å². The Morgan fingerprint density at radius 3 is 2.78 bits per heavy atom. The summed E-state index contributed by atoms with van der Waals surface area (Å²) in [5.74, 6) is 0.763. The third kappa shape index (κ3) is 2.90. The fraction of sp³-hybridized carbons (Fsp3) is 0.571. The fourth-order valence-electron chi connectivity index (χ4n) is 5.62. The van der Waals surface area contributed by atoms with Crippen LogP contribution in [0.15, 0.2) is 42.7 Å². The summed E-state index contributed by atoms with van der Waals surface area (Å²) in [6.07, 6.45) is 4.18.